The number of aromatic nitrogens is 4. The average molecular weight is 363 g/mol. The zero-order valence-corrected chi connectivity index (χ0v) is 12.7. The molecule has 2 aromatic rings. The lowest BCUT2D eigenvalue weighted by Crippen LogP contribution is -2.39. The summed E-state index contributed by atoms with van der Waals surface area (Å²) in [4.78, 5) is 29.1. The van der Waals surface area contributed by atoms with Crippen molar-refractivity contribution < 1.29 is 38.9 Å². The highest BCUT2D eigenvalue weighted by Gasteiger charge is 2.49. The minimum Gasteiger partial charge on any atom is -0.387 e. The number of hydrogen-bond donors (Lipinski definition) is 6. The van der Waals surface area contributed by atoms with E-state index >= 15 is 0 Å². The molecule has 3 heterocycles. The van der Waals surface area contributed by atoms with Crippen LogP contribution in [-0.4, -0.2) is 69.2 Å². The molecule has 0 radical (unpaired) electrons. The van der Waals surface area contributed by atoms with Gasteiger partial charge in [-0.05, 0) is 0 Å². The van der Waals surface area contributed by atoms with Crippen molar-refractivity contribution in [2.24, 2.45) is 0 Å². The van der Waals surface area contributed by atoms with Gasteiger partial charge in [0.25, 0.3) is 0 Å². The van der Waals surface area contributed by atoms with E-state index < -0.39 is 38.7 Å². The van der Waals surface area contributed by atoms with Crippen LogP contribution in [0.5, 0.6) is 0 Å². The molecule has 0 amide bonds. The number of phosphoric acid groups is 1. The van der Waals surface area contributed by atoms with Gasteiger partial charge in [-0.3, -0.25) is 9.09 Å². The maximum Gasteiger partial charge on any atom is 0.472 e. The van der Waals surface area contributed by atoms with Crippen molar-refractivity contribution in [2.45, 2.75) is 30.8 Å². The van der Waals surface area contributed by atoms with E-state index in [9.17, 15) is 19.9 Å². The first kappa shape index (κ1) is 17.1. The molecule has 24 heavy (non-hydrogen) atoms. The van der Waals surface area contributed by atoms with Gasteiger partial charge in [0, 0.05) is 0 Å². The Bertz CT molecular complexity index is 795. The number of nitrogen functional groups attached to an aromatic ring is 1. The van der Waals surface area contributed by atoms with E-state index in [-0.39, 0.29) is 17.0 Å². The van der Waals surface area contributed by atoms with Gasteiger partial charge in [0.2, 0.25) is 0 Å². The number of aliphatic hydroxyl groups is 3. The van der Waals surface area contributed by atoms with Crippen LogP contribution in [0.15, 0.2) is 12.7 Å². The Morgan fingerprint density at radius 2 is 2.00 bits per heavy atom. The third-order valence-electron chi connectivity index (χ3n) is 3.46. The van der Waals surface area contributed by atoms with Crippen LogP contribution in [0.25, 0.3) is 11.2 Å². The Balaban J connectivity index is 1.89. The lowest BCUT2D eigenvalue weighted by molar-refractivity contribution is -0.161. The molecule has 0 aromatic carbocycles. The SMILES string of the molecule is Nc1ncnc2c1ncn2[C@@H]1O[C@H]([C@@H](O)OP(=O)(O)O)[C@@H](O)[C@@H]1O. The summed E-state index contributed by atoms with van der Waals surface area (Å²) in [7, 11) is -5.03. The highest BCUT2D eigenvalue weighted by Crippen LogP contribution is 2.41. The molecule has 1 aliphatic heterocycles. The van der Waals surface area contributed by atoms with E-state index in [1.807, 2.05) is 0 Å². The second-order valence-corrected chi connectivity index (χ2v) is 6.23. The van der Waals surface area contributed by atoms with Crippen LogP contribution in [0.1, 0.15) is 6.23 Å². The number of rotatable bonds is 4. The summed E-state index contributed by atoms with van der Waals surface area (Å²) >= 11 is 0. The highest BCUT2D eigenvalue weighted by molar-refractivity contribution is 7.46. The van der Waals surface area contributed by atoms with Crippen LogP contribution >= 0.6 is 7.82 Å². The van der Waals surface area contributed by atoms with Crippen molar-refractivity contribution in [3.8, 4) is 0 Å². The van der Waals surface area contributed by atoms with Gasteiger partial charge >= 0.3 is 7.82 Å². The maximum atomic E-state index is 10.8. The Morgan fingerprint density at radius 1 is 1.29 bits per heavy atom. The van der Waals surface area contributed by atoms with Gasteiger partial charge in [-0.25, -0.2) is 19.5 Å². The number of fused-ring (bicyclic) bond motifs is 1. The molecule has 5 atom stereocenters. The molecule has 0 saturated carbocycles. The van der Waals surface area contributed by atoms with Gasteiger partial charge in [0.1, 0.15) is 30.2 Å². The zero-order chi connectivity index (χ0) is 17.6. The van der Waals surface area contributed by atoms with Crippen LogP contribution in [-0.2, 0) is 13.8 Å². The van der Waals surface area contributed by atoms with Crippen molar-refractivity contribution in [3.63, 3.8) is 0 Å². The van der Waals surface area contributed by atoms with E-state index in [2.05, 4.69) is 19.5 Å². The second-order valence-electron chi connectivity index (χ2n) is 5.04. The molecular formula is C10H14N5O8P. The monoisotopic (exact) mass is 363 g/mol. The Morgan fingerprint density at radius 3 is 2.67 bits per heavy atom. The van der Waals surface area contributed by atoms with Crippen molar-refractivity contribution in [1.29, 1.82) is 0 Å². The highest BCUT2D eigenvalue weighted by atomic mass is 31.2. The van der Waals surface area contributed by atoms with Crippen molar-refractivity contribution in [2.75, 3.05) is 5.73 Å². The van der Waals surface area contributed by atoms with Crippen molar-refractivity contribution >= 4 is 24.8 Å². The van der Waals surface area contributed by atoms with Crippen LogP contribution in [0.2, 0.25) is 0 Å². The summed E-state index contributed by atoms with van der Waals surface area (Å²) in [5, 5.41) is 29.7. The third-order valence-corrected chi connectivity index (χ3v) is 3.95. The molecule has 3 rings (SSSR count). The van der Waals surface area contributed by atoms with Gasteiger partial charge in [-0.15, -0.1) is 0 Å². The number of imidazole rings is 1. The smallest absolute Gasteiger partial charge is 0.387 e. The summed E-state index contributed by atoms with van der Waals surface area (Å²) < 4.78 is 21.4. The molecule has 1 aliphatic rings. The van der Waals surface area contributed by atoms with Gasteiger partial charge in [-0.2, -0.15) is 0 Å². The van der Waals surface area contributed by atoms with Gasteiger partial charge in [0.05, 0.1) is 6.33 Å². The number of ether oxygens (including phenoxy) is 1. The number of nitrogens with zero attached hydrogens (tertiary/aromatic N) is 4. The molecule has 0 aliphatic carbocycles. The lowest BCUT2D eigenvalue weighted by atomic mass is 10.1. The molecule has 7 N–H and O–H groups in total. The van der Waals surface area contributed by atoms with Gasteiger partial charge < -0.3 is 35.6 Å². The maximum absolute atomic E-state index is 10.8. The fourth-order valence-electron chi connectivity index (χ4n) is 2.41. The van der Waals surface area contributed by atoms with E-state index in [4.69, 9.17) is 20.3 Å². The van der Waals surface area contributed by atoms with Crippen LogP contribution in [0, 0.1) is 0 Å². The fourth-order valence-corrected chi connectivity index (χ4v) is 2.81. The summed E-state index contributed by atoms with van der Waals surface area (Å²) in [6.07, 6.45) is -5.89. The molecule has 2 aromatic heterocycles. The minimum absolute atomic E-state index is 0.0909. The predicted molar refractivity (Wildman–Crippen MR) is 74.8 cm³/mol. The molecule has 132 valence electrons. The topological polar surface area (TPSA) is 206 Å². The third kappa shape index (κ3) is 2.99. The number of phosphoric ester groups is 1. The number of hydrogen-bond acceptors (Lipinski definition) is 10. The molecule has 0 unspecified atom stereocenters. The Kier molecular flexibility index (Phi) is 4.27. The first-order valence-electron chi connectivity index (χ1n) is 6.55. The first-order valence-corrected chi connectivity index (χ1v) is 8.08. The normalized spacial score (nSPS) is 29.2. The molecule has 14 heteroatoms. The largest absolute Gasteiger partial charge is 0.472 e. The number of aliphatic hydroxyl groups excluding tert-OH is 3. The molecule has 0 spiro atoms. The van der Waals surface area contributed by atoms with Gasteiger partial charge in [0.15, 0.2) is 24.0 Å². The molecule has 13 nitrogen and oxygen atoms in total. The van der Waals surface area contributed by atoms with Crippen LogP contribution in [0.4, 0.5) is 5.82 Å². The van der Waals surface area contributed by atoms with E-state index in [1.165, 1.54) is 10.9 Å². The minimum atomic E-state index is -5.03. The molecular weight excluding hydrogens is 349 g/mol. The second kappa shape index (κ2) is 5.98. The van der Waals surface area contributed by atoms with E-state index in [0.29, 0.717) is 0 Å². The standard InChI is InChI=1S/C10H14N5O8P/c11-7-3-8(13-1-12-7)15(2-14-3)9-5(17)4(16)6(22-9)10(18)23-24(19,20)21/h1-2,4-6,9-10,16-18H,(H2,11,12,13)(H2,19,20,21)/t4-,5-,6-,9+,10-/m0/s1. The van der Waals surface area contributed by atoms with Crippen LogP contribution in [0.3, 0.4) is 0 Å². The predicted octanol–water partition coefficient (Wildman–Crippen LogP) is -2.54. The summed E-state index contributed by atoms with van der Waals surface area (Å²) in [5.41, 5.74) is 6.08. The summed E-state index contributed by atoms with van der Waals surface area (Å²) in [6.45, 7) is 0. The Labute approximate surface area is 133 Å². The number of nitrogens with two attached hydrogens (primary N) is 1. The average Bonchev–Trinajstić information content (AvgIpc) is 3.01. The van der Waals surface area contributed by atoms with E-state index in [0.717, 1.165) is 6.33 Å². The van der Waals surface area contributed by atoms with Crippen molar-refractivity contribution in [3.05, 3.63) is 12.7 Å². The summed E-state index contributed by atoms with van der Waals surface area (Å²) in [5.74, 6) is 0.0909. The van der Waals surface area contributed by atoms with E-state index in [1.54, 1.807) is 0 Å². The lowest BCUT2D eigenvalue weighted by Gasteiger charge is -2.21. The van der Waals surface area contributed by atoms with Gasteiger partial charge in [-0.1, -0.05) is 0 Å². The van der Waals surface area contributed by atoms with Crippen LogP contribution < -0.4 is 5.73 Å². The zero-order valence-electron chi connectivity index (χ0n) is 11.8. The number of anilines is 1. The first-order chi connectivity index (χ1) is 11.2. The quantitative estimate of drug-likeness (QED) is 0.245. The van der Waals surface area contributed by atoms with Crippen molar-refractivity contribution in [1.82, 2.24) is 19.5 Å². The molecule has 1 saturated heterocycles. The Hall–Kier alpha value is -1.70. The molecule has 1 fully saturated rings. The fraction of sp³-hybridized carbons (Fsp3) is 0.500. The molecule has 0 bridgehead atoms. The summed E-state index contributed by atoms with van der Waals surface area (Å²) in [6, 6.07) is 0.